The molecule has 0 saturated carbocycles. The van der Waals surface area contributed by atoms with Crippen molar-refractivity contribution in [3.05, 3.63) is 35.7 Å². The monoisotopic (exact) mass is 397 g/mol. The quantitative estimate of drug-likeness (QED) is 0.645. The normalized spacial score (nSPS) is 12.5. The maximum atomic E-state index is 12.6. The van der Waals surface area contributed by atoms with E-state index in [4.69, 9.17) is 0 Å². The molecule has 0 fully saturated rings. The second-order valence-electron chi connectivity index (χ2n) is 6.69. The smallest absolute Gasteiger partial charge is 0.387 e. The van der Waals surface area contributed by atoms with E-state index >= 15 is 0 Å². The molecule has 0 aliphatic heterocycles. The van der Waals surface area contributed by atoms with Crippen LogP contribution in [-0.2, 0) is 11.3 Å². The zero-order valence-electron chi connectivity index (χ0n) is 16.1. The van der Waals surface area contributed by atoms with Crippen molar-refractivity contribution in [2.24, 2.45) is 5.92 Å². The number of rotatable bonds is 8. The highest BCUT2D eigenvalue weighted by molar-refractivity contribution is 8.00. The van der Waals surface area contributed by atoms with Gasteiger partial charge in [0.1, 0.15) is 5.75 Å². The van der Waals surface area contributed by atoms with Gasteiger partial charge in [0.05, 0.1) is 16.6 Å². The molecule has 0 bridgehead atoms. The number of nitrogens with zero attached hydrogens (tertiary/aromatic N) is 2. The summed E-state index contributed by atoms with van der Waals surface area (Å²) in [5, 5.41) is 2.98. The average Bonchev–Trinajstić information content (AvgIpc) is 2.83. The predicted octanol–water partition coefficient (Wildman–Crippen LogP) is 4.88. The number of anilines is 1. The SMILES string of the molecule is Cc1nc(SC(C)C(=O)Nc2ccccc2OC(F)F)n(CC(C)C)c1C. The molecule has 1 heterocycles. The molecule has 1 N–H and O–H groups in total. The van der Waals surface area contributed by atoms with Crippen molar-refractivity contribution in [3.8, 4) is 5.75 Å². The standard InChI is InChI=1S/C19H25F2N3O2S/c1-11(2)10-24-13(4)12(3)22-19(24)27-14(5)17(25)23-15-8-6-7-9-16(15)26-18(20)21/h6-9,11,14,18H,10H2,1-5H3,(H,23,25). The zero-order valence-corrected chi connectivity index (χ0v) is 16.9. The number of hydrogen-bond acceptors (Lipinski definition) is 4. The molecule has 1 amide bonds. The first-order chi connectivity index (χ1) is 12.7. The number of benzene rings is 1. The number of nitrogens with one attached hydrogen (secondary N) is 1. The zero-order chi connectivity index (χ0) is 20.1. The third-order valence-electron chi connectivity index (χ3n) is 3.98. The number of para-hydroxylation sites is 2. The molecule has 8 heteroatoms. The van der Waals surface area contributed by atoms with Crippen LogP contribution in [0.25, 0.3) is 0 Å². The Morgan fingerprint density at radius 2 is 1.93 bits per heavy atom. The maximum absolute atomic E-state index is 12.6. The fraction of sp³-hybridized carbons (Fsp3) is 0.474. The number of thioether (sulfide) groups is 1. The molecule has 0 saturated heterocycles. The summed E-state index contributed by atoms with van der Waals surface area (Å²) in [4.78, 5) is 17.1. The van der Waals surface area contributed by atoms with E-state index in [9.17, 15) is 13.6 Å². The number of alkyl halides is 2. The molecule has 148 valence electrons. The Bertz CT molecular complexity index is 793. The van der Waals surface area contributed by atoms with Crippen LogP contribution in [-0.4, -0.2) is 27.3 Å². The summed E-state index contributed by atoms with van der Waals surface area (Å²) >= 11 is 1.35. The van der Waals surface area contributed by atoms with Crippen molar-refractivity contribution < 1.29 is 18.3 Å². The molecule has 0 spiro atoms. The van der Waals surface area contributed by atoms with Gasteiger partial charge in [-0.3, -0.25) is 4.79 Å². The lowest BCUT2D eigenvalue weighted by Gasteiger charge is -2.16. The highest BCUT2D eigenvalue weighted by Crippen LogP contribution is 2.29. The van der Waals surface area contributed by atoms with Crippen molar-refractivity contribution in [2.45, 2.75) is 58.2 Å². The molecule has 1 atom stereocenters. The lowest BCUT2D eigenvalue weighted by molar-refractivity contribution is -0.115. The van der Waals surface area contributed by atoms with E-state index in [-0.39, 0.29) is 17.3 Å². The molecular weight excluding hydrogens is 372 g/mol. The van der Waals surface area contributed by atoms with Crippen LogP contribution < -0.4 is 10.1 Å². The lowest BCUT2D eigenvalue weighted by atomic mass is 10.2. The van der Waals surface area contributed by atoms with Crippen LogP contribution >= 0.6 is 11.8 Å². The Morgan fingerprint density at radius 3 is 2.56 bits per heavy atom. The number of carbonyl (C=O) groups excluding carboxylic acids is 1. The minimum absolute atomic E-state index is 0.0638. The molecule has 1 aromatic heterocycles. The average molecular weight is 397 g/mol. The molecule has 1 unspecified atom stereocenters. The van der Waals surface area contributed by atoms with E-state index in [0.717, 1.165) is 23.1 Å². The van der Waals surface area contributed by atoms with Crippen molar-refractivity contribution in [1.29, 1.82) is 0 Å². The molecule has 0 aliphatic carbocycles. The van der Waals surface area contributed by atoms with Gasteiger partial charge in [-0.25, -0.2) is 4.98 Å². The van der Waals surface area contributed by atoms with E-state index in [1.807, 2.05) is 13.8 Å². The molecule has 5 nitrogen and oxygen atoms in total. The van der Waals surface area contributed by atoms with Crippen molar-refractivity contribution in [3.63, 3.8) is 0 Å². The van der Waals surface area contributed by atoms with Gasteiger partial charge >= 0.3 is 6.61 Å². The Morgan fingerprint density at radius 1 is 1.26 bits per heavy atom. The van der Waals surface area contributed by atoms with Crippen LogP contribution in [0.15, 0.2) is 29.4 Å². The van der Waals surface area contributed by atoms with Gasteiger partial charge in [-0.1, -0.05) is 37.7 Å². The Kier molecular flexibility index (Phi) is 7.24. The molecule has 0 radical (unpaired) electrons. The van der Waals surface area contributed by atoms with Crippen molar-refractivity contribution >= 4 is 23.4 Å². The van der Waals surface area contributed by atoms with Crippen LogP contribution in [0.3, 0.4) is 0 Å². The summed E-state index contributed by atoms with van der Waals surface area (Å²) < 4.78 is 31.6. The molecule has 27 heavy (non-hydrogen) atoms. The number of hydrogen-bond donors (Lipinski definition) is 1. The second kappa shape index (κ2) is 9.21. The Balaban J connectivity index is 2.12. The maximum Gasteiger partial charge on any atom is 0.387 e. The van der Waals surface area contributed by atoms with Gasteiger partial charge in [-0.05, 0) is 38.8 Å². The highest BCUT2D eigenvalue weighted by atomic mass is 32.2. The van der Waals surface area contributed by atoms with Crippen LogP contribution in [0.4, 0.5) is 14.5 Å². The van der Waals surface area contributed by atoms with E-state index in [2.05, 4.69) is 33.5 Å². The summed E-state index contributed by atoms with van der Waals surface area (Å²) in [6.45, 7) is 7.82. The van der Waals surface area contributed by atoms with E-state index in [1.54, 1.807) is 19.1 Å². The number of aromatic nitrogens is 2. The number of ether oxygens (including phenoxy) is 1. The topological polar surface area (TPSA) is 56.1 Å². The predicted molar refractivity (Wildman–Crippen MR) is 104 cm³/mol. The molecule has 0 aliphatic rings. The Labute approximate surface area is 162 Å². The van der Waals surface area contributed by atoms with Crippen LogP contribution in [0.5, 0.6) is 5.75 Å². The third-order valence-corrected chi connectivity index (χ3v) is 5.07. The Hall–Kier alpha value is -2.09. The summed E-state index contributed by atoms with van der Waals surface area (Å²) in [6.07, 6.45) is 0. The third kappa shape index (κ3) is 5.69. The summed E-state index contributed by atoms with van der Waals surface area (Å²) in [5.74, 6) is 0.0740. The van der Waals surface area contributed by atoms with Gasteiger partial charge in [-0.15, -0.1) is 0 Å². The largest absolute Gasteiger partial charge is 0.433 e. The first-order valence-electron chi connectivity index (χ1n) is 8.74. The number of amides is 1. The number of aryl methyl sites for hydroxylation is 1. The van der Waals surface area contributed by atoms with Gasteiger partial charge in [0.15, 0.2) is 5.16 Å². The van der Waals surface area contributed by atoms with Gasteiger partial charge in [0.2, 0.25) is 5.91 Å². The first-order valence-corrected chi connectivity index (χ1v) is 9.62. The fourth-order valence-corrected chi connectivity index (χ4v) is 3.52. The lowest BCUT2D eigenvalue weighted by Crippen LogP contribution is -2.23. The van der Waals surface area contributed by atoms with Gasteiger partial charge in [-0.2, -0.15) is 8.78 Å². The molecule has 1 aromatic carbocycles. The highest BCUT2D eigenvalue weighted by Gasteiger charge is 2.21. The summed E-state index contributed by atoms with van der Waals surface area (Å²) in [6, 6.07) is 6.14. The van der Waals surface area contributed by atoms with Crippen LogP contribution in [0, 0.1) is 19.8 Å². The number of imidazole rings is 1. The molecular formula is C19H25F2N3O2S. The van der Waals surface area contributed by atoms with Crippen LogP contribution in [0.2, 0.25) is 0 Å². The van der Waals surface area contributed by atoms with E-state index in [0.29, 0.717) is 5.92 Å². The minimum atomic E-state index is -2.95. The van der Waals surface area contributed by atoms with E-state index < -0.39 is 11.9 Å². The summed E-state index contributed by atoms with van der Waals surface area (Å²) in [7, 11) is 0. The van der Waals surface area contributed by atoms with Gasteiger partial charge in [0.25, 0.3) is 0 Å². The van der Waals surface area contributed by atoms with Crippen LogP contribution in [0.1, 0.15) is 32.2 Å². The van der Waals surface area contributed by atoms with Crippen molar-refractivity contribution in [1.82, 2.24) is 9.55 Å². The summed E-state index contributed by atoms with van der Waals surface area (Å²) in [5.41, 5.74) is 2.23. The minimum Gasteiger partial charge on any atom is -0.433 e. The van der Waals surface area contributed by atoms with Crippen molar-refractivity contribution in [2.75, 3.05) is 5.32 Å². The van der Waals surface area contributed by atoms with E-state index in [1.165, 1.54) is 23.9 Å². The number of carbonyl (C=O) groups is 1. The second-order valence-corrected chi connectivity index (χ2v) is 8.00. The molecule has 2 aromatic rings. The molecule has 2 rings (SSSR count). The van der Waals surface area contributed by atoms with Gasteiger partial charge in [0, 0.05) is 12.2 Å². The fourth-order valence-electron chi connectivity index (χ4n) is 2.51. The number of halogens is 2. The first kappa shape index (κ1) is 21.2. The van der Waals surface area contributed by atoms with Gasteiger partial charge < -0.3 is 14.6 Å².